The molecule has 2 aromatic rings. The summed E-state index contributed by atoms with van der Waals surface area (Å²) in [6.45, 7) is 2.28. The lowest BCUT2D eigenvalue weighted by Crippen LogP contribution is -2.35. The van der Waals surface area contributed by atoms with Crippen LogP contribution in [-0.4, -0.2) is 36.2 Å². The average molecular weight is 347 g/mol. The highest BCUT2D eigenvalue weighted by molar-refractivity contribution is 5.86. The zero-order valence-electron chi connectivity index (χ0n) is 14.2. The molecule has 3 rings (SSSR count). The number of carbonyl (C=O) groups excluding carboxylic acids is 1. The van der Waals surface area contributed by atoms with Crippen molar-refractivity contribution < 1.29 is 23.4 Å². The summed E-state index contributed by atoms with van der Waals surface area (Å²) in [4.78, 5) is 13.6. The van der Waals surface area contributed by atoms with Crippen LogP contribution in [0.25, 0.3) is 0 Å². The molecule has 1 N–H and O–H groups in total. The summed E-state index contributed by atoms with van der Waals surface area (Å²) < 4.78 is 23.1. The molecule has 1 aliphatic rings. The molecular weight excluding hydrogens is 325 g/mol. The Morgan fingerprint density at radius 1 is 1.28 bits per heavy atom. The molecule has 1 aromatic carbocycles. The number of piperidine rings is 1. The van der Waals surface area contributed by atoms with Gasteiger partial charge in [0.15, 0.2) is 0 Å². The first-order valence-electron chi connectivity index (χ1n) is 8.39. The van der Waals surface area contributed by atoms with Crippen LogP contribution in [0.3, 0.4) is 0 Å². The summed E-state index contributed by atoms with van der Waals surface area (Å²) in [5.74, 6) is 0.309. The number of benzene rings is 1. The molecule has 0 saturated carbocycles. The van der Waals surface area contributed by atoms with Gasteiger partial charge in [0.25, 0.3) is 0 Å². The van der Waals surface area contributed by atoms with Crippen LogP contribution in [0.2, 0.25) is 0 Å². The van der Waals surface area contributed by atoms with Gasteiger partial charge in [0.05, 0.1) is 19.8 Å². The van der Waals surface area contributed by atoms with Gasteiger partial charge in [-0.2, -0.15) is 0 Å². The molecule has 5 nitrogen and oxygen atoms in total. The van der Waals surface area contributed by atoms with Gasteiger partial charge >= 0.3 is 5.97 Å². The van der Waals surface area contributed by atoms with Crippen LogP contribution in [0.4, 0.5) is 4.39 Å². The Bertz CT molecular complexity index is 704. The minimum absolute atomic E-state index is 0.156. The van der Waals surface area contributed by atoms with Crippen LogP contribution in [0, 0.1) is 11.7 Å². The quantitative estimate of drug-likeness (QED) is 0.842. The topological polar surface area (TPSA) is 62.9 Å². The van der Waals surface area contributed by atoms with Crippen LogP contribution in [0.5, 0.6) is 0 Å². The number of likely N-dealkylation sites (tertiary alicyclic amines) is 1. The monoisotopic (exact) mass is 347 g/mol. The Balaban J connectivity index is 1.52. The molecule has 1 fully saturated rings. The summed E-state index contributed by atoms with van der Waals surface area (Å²) in [6, 6.07) is 9.44. The molecule has 1 aliphatic heterocycles. The van der Waals surface area contributed by atoms with Crippen molar-refractivity contribution in [3.63, 3.8) is 0 Å². The number of ether oxygens (including phenoxy) is 1. The van der Waals surface area contributed by atoms with E-state index in [0.717, 1.165) is 37.3 Å². The Labute approximate surface area is 146 Å². The highest BCUT2D eigenvalue weighted by Gasteiger charge is 2.26. The second-order valence-electron chi connectivity index (χ2n) is 6.37. The van der Waals surface area contributed by atoms with Gasteiger partial charge in [0, 0.05) is 0 Å². The van der Waals surface area contributed by atoms with E-state index in [0.29, 0.717) is 6.54 Å². The number of halogens is 1. The molecule has 1 aromatic heterocycles. The van der Waals surface area contributed by atoms with Gasteiger partial charge in [0.2, 0.25) is 5.76 Å². The number of hydrogen-bond donors (Lipinski definition) is 1. The lowest BCUT2D eigenvalue weighted by Gasteiger charge is -2.33. The van der Waals surface area contributed by atoms with E-state index < -0.39 is 12.1 Å². The molecule has 0 amide bonds. The normalized spacial score (nSPS) is 17.4. The molecule has 2 heterocycles. The van der Waals surface area contributed by atoms with E-state index in [4.69, 9.17) is 4.42 Å². The number of hydrogen-bond acceptors (Lipinski definition) is 5. The van der Waals surface area contributed by atoms with Crippen molar-refractivity contribution in [3.8, 4) is 0 Å². The van der Waals surface area contributed by atoms with Crippen molar-refractivity contribution in [1.82, 2.24) is 4.90 Å². The Kier molecular flexibility index (Phi) is 5.50. The Morgan fingerprint density at radius 2 is 1.96 bits per heavy atom. The standard InChI is InChI=1S/C19H22FNO4/c1-24-19(23)17-7-6-16(25-17)12-21-10-8-14(9-11-21)18(22)13-2-4-15(20)5-3-13/h2-7,14,18,22H,8-12H2,1H3. The molecule has 0 bridgehead atoms. The average Bonchev–Trinajstić information content (AvgIpc) is 3.10. The van der Waals surface area contributed by atoms with Gasteiger partial charge in [-0.05, 0) is 61.7 Å². The second kappa shape index (κ2) is 7.80. The molecule has 1 saturated heterocycles. The first kappa shape index (κ1) is 17.6. The third kappa shape index (κ3) is 4.27. The van der Waals surface area contributed by atoms with Crippen molar-refractivity contribution in [1.29, 1.82) is 0 Å². The summed E-state index contributed by atoms with van der Waals surface area (Å²) in [5, 5.41) is 10.5. The number of furan rings is 1. The van der Waals surface area contributed by atoms with Crippen molar-refractivity contribution in [3.05, 3.63) is 59.3 Å². The van der Waals surface area contributed by atoms with Crippen molar-refractivity contribution in [2.45, 2.75) is 25.5 Å². The molecule has 0 spiro atoms. The maximum atomic E-state index is 13.0. The lowest BCUT2D eigenvalue weighted by molar-refractivity contribution is 0.0520. The largest absolute Gasteiger partial charge is 0.463 e. The zero-order chi connectivity index (χ0) is 17.8. The van der Waals surface area contributed by atoms with Gasteiger partial charge in [-0.15, -0.1) is 0 Å². The second-order valence-corrected chi connectivity index (χ2v) is 6.37. The minimum Gasteiger partial charge on any atom is -0.463 e. The SMILES string of the molecule is COC(=O)c1ccc(CN2CCC(C(O)c3ccc(F)cc3)CC2)o1. The van der Waals surface area contributed by atoms with Crippen molar-refractivity contribution in [2.75, 3.05) is 20.2 Å². The van der Waals surface area contributed by atoms with Gasteiger partial charge in [-0.25, -0.2) is 9.18 Å². The van der Waals surface area contributed by atoms with E-state index in [1.165, 1.54) is 19.2 Å². The maximum Gasteiger partial charge on any atom is 0.373 e. The third-order valence-electron chi connectivity index (χ3n) is 4.72. The fourth-order valence-corrected chi connectivity index (χ4v) is 3.25. The number of aliphatic hydroxyl groups excluding tert-OH is 1. The van der Waals surface area contributed by atoms with Gasteiger partial charge in [0.1, 0.15) is 11.6 Å². The maximum absolute atomic E-state index is 13.0. The van der Waals surface area contributed by atoms with Gasteiger partial charge in [-0.1, -0.05) is 12.1 Å². The van der Waals surface area contributed by atoms with Crippen LogP contribution in [0.1, 0.15) is 40.8 Å². The highest BCUT2D eigenvalue weighted by atomic mass is 19.1. The fraction of sp³-hybridized carbons (Fsp3) is 0.421. The lowest BCUT2D eigenvalue weighted by atomic mass is 9.87. The predicted molar refractivity (Wildman–Crippen MR) is 89.4 cm³/mol. The van der Waals surface area contributed by atoms with E-state index in [9.17, 15) is 14.3 Å². The smallest absolute Gasteiger partial charge is 0.373 e. The van der Waals surface area contributed by atoms with E-state index in [-0.39, 0.29) is 17.5 Å². The van der Waals surface area contributed by atoms with E-state index in [2.05, 4.69) is 9.64 Å². The first-order valence-corrected chi connectivity index (χ1v) is 8.39. The number of nitrogens with zero attached hydrogens (tertiary/aromatic N) is 1. The molecular formula is C19H22FNO4. The van der Waals surface area contributed by atoms with E-state index in [1.807, 2.05) is 0 Å². The Hall–Kier alpha value is -2.18. The Morgan fingerprint density at radius 3 is 2.60 bits per heavy atom. The number of methoxy groups -OCH3 is 1. The van der Waals surface area contributed by atoms with Gasteiger partial charge < -0.3 is 14.3 Å². The molecule has 6 heteroatoms. The highest BCUT2D eigenvalue weighted by Crippen LogP contribution is 2.31. The summed E-state index contributed by atoms with van der Waals surface area (Å²) in [7, 11) is 1.32. The van der Waals surface area contributed by atoms with Crippen molar-refractivity contribution in [2.24, 2.45) is 5.92 Å². The minimum atomic E-state index is -0.572. The molecule has 25 heavy (non-hydrogen) atoms. The van der Waals surface area contributed by atoms with Gasteiger partial charge in [-0.3, -0.25) is 4.90 Å². The molecule has 1 atom stereocenters. The van der Waals surface area contributed by atoms with Crippen LogP contribution in [0.15, 0.2) is 40.8 Å². The third-order valence-corrected chi connectivity index (χ3v) is 4.72. The predicted octanol–water partition coefficient (Wildman–Crippen LogP) is 3.15. The van der Waals surface area contributed by atoms with E-state index in [1.54, 1.807) is 24.3 Å². The zero-order valence-corrected chi connectivity index (χ0v) is 14.2. The molecule has 1 unspecified atom stereocenters. The summed E-state index contributed by atoms with van der Waals surface area (Å²) >= 11 is 0. The summed E-state index contributed by atoms with van der Waals surface area (Å²) in [6.07, 6.45) is 1.13. The number of rotatable bonds is 5. The molecule has 0 radical (unpaired) electrons. The van der Waals surface area contributed by atoms with Crippen LogP contribution in [-0.2, 0) is 11.3 Å². The molecule has 134 valence electrons. The van der Waals surface area contributed by atoms with Crippen LogP contribution < -0.4 is 0 Å². The van der Waals surface area contributed by atoms with E-state index >= 15 is 0 Å². The fourth-order valence-electron chi connectivity index (χ4n) is 3.25. The van der Waals surface area contributed by atoms with Crippen molar-refractivity contribution >= 4 is 5.97 Å². The van der Waals surface area contributed by atoms with Crippen LogP contribution >= 0.6 is 0 Å². The first-order chi connectivity index (χ1) is 12.1. The molecule has 0 aliphatic carbocycles. The number of carbonyl (C=O) groups is 1. The number of esters is 1. The summed E-state index contributed by atoms with van der Waals surface area (Å²) in [5.41, 5.74) is 0.758. The number of aliphatic hydroxyl groups is 1.